The highest BCUT2D eigenvalue weighted by Gasteiger charge is 2.49. The van der Waals surface area contributed by atoms with Gasteiger partial charge >= 0.3 is 5.97 Å². The predicted octanol–water partition coefficient (Wildman–Crippen LogP) is 1.31. The van der Waals surface area contributed by atoms with Crippen molar-refractivity contribution in [1.82, 2.24) is 0 Å². The van der Waals surface area contributed by atoms with Crippen LogP contribution >= 0.6 is 0 Å². The van der Waals surface area contributed by atoms with Crippen molar-refractivity contribution in [3.63, 3.8) is 0 Å². The minimum Gasteiger partial charge on any atom is -0.468 e. The van der Waals surface area contributed by atoms with E-state index in [0.29, 0.717) is 5.69 Å². The molecule has 0 radical (unpaired) electrons. The van der Waals surface area contributed by atoms with Crippen molar-refractivity contribution in [3.8, 4) is 0 Å². The zero-order chi connectivity index (χ0) is 14.4. The zero-order valence-corrected chi connectivity index (χ0v) is 11.6. The van der Waals surface area contributed by atoms with Gasteiger partial charge < -0.3 is 15.4 Å². The molecule has 1 aromatic carbocycles. The van der Waals surface area contributed by atoms with Crippen LogP contribution < -0.4 is 10.6 Å². The summed E-state index contributed by atoms with van der Waals surface area (Å²) in [5.74, 6) is -1.62. The molecule has 5 nitrogen and oxygen atoms in total. The van der Waals surface area contributed by atoms with E-state index in [4.69, 9.17) is 10.5 Å². The van der Waals surface area contributed by atoms with Gasteiger partial charge in [0.25, 0.3) is 0 Å². The second-order valence-corrected chi connectivity index (χ2v) is 5.35. The first kappa shape index (κ1) is 13.4. The van der Waals surface area contributed by atoms with Crippen molar-refractivity contribution < 1.29 is 14.3 Å². The Morgan fingerprint density at radius 1 is 1.42 bits per heavy atom. The van der Waals surface area contributed by atoms with Gasteiger partial charge in [-0.25, -0.2) is 0 Å². The number of rotatable bonds is 1. The van der Waals surface area contributed by atoms with Crippen LogP contribution in [0.3, 0.4) is 0 Å². The Morgan fingerprint density at radius 3 is 2.63 bits per heavy atom. The summed E-state index contributed by atoms with van der Waals surface area (Å²) in [6.07, 6.45) is 0. The van der Waals surface area contributed by atoms with Crippen LogP contribution in [0.5, 0.6) is 0 Å². The number of carbonyl (C=O) groups is 2. The molecule has 0 saturated carbocycles. The fraction of sp³-hybridized carbons (Fsp3) is 0.429. The number of nitrogen functional groups attached to an aromatic ring is 1. The molecular formula is C14H18N2O3. The summed E-state index contributed by atoms with van der Waals surface area (Å²) in [5, 5.41) is 0. The molecule has 0 saturated heterocycles. The van der Waals surface area contributed by atoms with Crippen LogP contribution in [-0.2, 0) is 19.7 Å². The summed E-state index contributed by atoms with van der Waals surface area (Å²) in [6, 6.07) is 5.36. The average molecular weight is 262 g/mol. The van der Waals surface area contributed by atoms with Crippen LogP contribution in [0.1, 0.15) is 19.4 Å². The van der Waals surface area contributed by atoms with E-state index in [1.165, 1.54) is 12.0 Å². The lowest BCUT2D eigenvalue weighted by Gasteiger charge is -2.41. The summed E-state index contributed by atoms with van der Waals surface area (Å²) in [6.45, 7) is 3.72. The number of ether oxygens (including phenoxy) is 1. The smallest absolute Gasteiger partial charge is 0.319 e. The van der Waals surface area contributed by atoms with E-state index in [1.807, 2.05) is 19.9 Å². The summed E-state index contributed by atoms with van der Waals surface area (Å²) in [4.78, 5) is 25.8. The number of esters is 1. The molecular weight excluding hydrogens is 244 g/mol. The van der Waals surface area contributed by atoms with Crippen molar-refractivity contribution in [2.75, 3.05) is 24.8 Å². The molecule has 1 atom stereocenters. The molecule has 0 aliphatic carbocycles. The maximum absolute atomic E-state index is 12.4. The predicted molar refractivity (Wildman–Crippen MR) is 72.8 cm³/mol. The molecule has 1 amide bonds. The number of nitrogens with two attached hydrogens (primary N) is 1. The van der Waals surface area contributed by atoms with Crippen LogP contribution in [0.2, 0.25) is 0 Å². The highest BCUT2D eigenvalue weighted by molar-refractivity contribution is 6.10. The lowest BCUT2D eigenvalue weighted by Crippen LogP contribution is -2.51. The minimum atomic E-state index is -0.850. The number of benzene rings is 1. The Hall–Kier alpha value is -2.04. The molecule has 1 unspecified atom stereocenters. The molecule has 1 aliphatic heterocycles. The Balaban J connectivity index is 2.66. The molecule has 1 aliphatic rings. The van der Waals surface area contributed by atoms with Gasteiger partial charge in [-0.15, -0.1) is 0 Å². The summed E-state index contributed by atoms with van der Waals surface area (Å²) >= 11 is 0. The minimum absolute atomic E-state index is 0.255. The second kappa shape index (κ2) is 4.26. The molecule has 5 heteroatoms. The fourth-order valence-corrected chi connectivity index (χ4v) is 2.65. The number of amides is 1. The SMILES string of the molecule is COC(=O)C1C(=O)N(C)c2ccc(N)cc2C1(C)C. The highest BCUT2D eigenvalue weighted by Crippen LogP contribution is 2.44. The van der Waals surface area contributed by atoms with Crippen molar-refractivity contribution in [1.29, 1.82) is 0 Å². The fourth-order valence-electron chi connectivity index (χ4n) is 2.65. The van der Waals surface area contributed by atoms with Gasteiger partial charge in [0, 0.05) is 23.8 Å². The van der Waals surface area contributed by atoms with Crippen LogP contribution in [-0.4, -0.2) is 26.0 Å². The molecule has 0 bridgehead atoms. The normalized spacial score (nSPS) is 20.9. The van der Waals surface area contributed by atoms with Gasteiger partial charge in [0.2, 0.25) is 5.91 Å². The van der Waals surface area contributed by atoms with Gasteiger partial charge in [0.05, 0.1) is 7.11 Å². The van der Waals surface area contributed by atoms with E-state index in [0.717, 1.165) is 11.3 Å². The number of methoxy groups -OCH3 is 1. The molecule has 2 N–H and O–H groups in total. The maximum atomic E-state index is 12.4. The van der Waals surface area contributed by atoms with E-state index < -0.39 is 17.3 Å². The van der Waals surface area contributed by atoms with Gasteiger partial charge in [0.1, 0.15) is 5.92 Å². The van der Waals surface area contributed by atoms with E-state index in [9.17, 15) is 9.59 Å². The van der Waals surface area contributed by atoms with Gasteiger partial charge in [-0.3, -0.25) is 9.59 Å². The number of anilines is 2. The molecule has 0 fully saturated rings. The third kappa shape index (κ3) is 1.85. The number of nitrogens with zero attached hydrogens (tertiary/aromatic N) is 1. The first-order valence-electron chi connectivity index (χ1n) is 6.06. The quantitative estimate of drug-likeness (QED) is 0.470. The number of hydrogen-bond donors (Lipinski definition) is 1. The van der Waals surface area contributed by atoms with Gasteiger partial charge in [-0.1, -0.05) is 13.8 Å². The summed E-state index contributed by atoms with van der Waals surface area (Å²) in [7, 11) is 2.95. The lowest BCUT2D eigenvalue weighted by molar-refractivity contribution is -0.152. The maximum Gasteiger partial charge on any atom is 0.319 e. The standard InChI is InChI=1S/C14H18N2O3/c1-14(2)9-7-8(15)5-6-10(9)16(3)12(17)11(14)13(18)19-4/h5-7,11H,15H2,1-4H3. The molecule has 1 aromatic rings. The molecule has 2 rings (SSSR count). The topological polar surface area (TPSA) is 72.6 Å². The van der Waals surface area contributed by atoms with Crippen LogP contribution in [0.15, 0.2) is 18.2 Å². The molecule has 19 heavy (non-hydrogen) atoms. The van der Waals surface area contributed by atoms with E-state index in [1.54, 1.807) is 19.2 Å². The monoisotopic (exact) mass is 262 g/mol. The first-order chi connectivity index (χ1) is 8.80. The van der Waals surface area contributed by atoms with Crippen LogP contribution in [0.25, 0.3) is 0 Å². The van der Waals surface area contributed by atoms with Gasteiger partial charge in [-0.2, -0.15) is 0 Å². The molecule has 0 aromatic heterocycles. The van der Waals surface area contributed by atoms with Crippen molar-refractivity contribution >= 4 is 23.3 Å². The van der Waals surface area contributed by atoms with Crippen molar-refractivity contribution in [2.24, 2.45) is 5.92 Å². The second-order valence-electron chi connectivity index (χ2n) is 5.35. The summed E-state index contributed by atoms with van der Waals surface area (Å²) < 4.78 is 4.77. The Bertz CT molecular complexity index is 552. The lowest BCUT2D eigenvalue weighted by atomic mass is 9.69. The van der Waals surface area contributed by atoms with Gasteiger partial charge in [0.15, 0.2) is 0 Å². The van der Waals surface area contributed by atoms with E-state index in [-0.39, 0.29) is 5.91 Å². The number of fused-ring (bicyclic) bond motifs is 1. The van der Waals surface area contributed by atoms with Crippen LogP contribution in [0.4, 0.5) is 11.4 Å². The van der Waals surface area contributed by atoms with E-state index >= 15 is 0 Å². The molecule has 102 valence electrons. The molecule has 0 spiro atoms. The van der Waals surface area contributed by atoms with Crippen LogP contribution in [0, 0.1) is 5.92 Å². The highest BCUT2D eigenvalue weighted by atomic mass is 16.5. The van der Waals surface area contributed by atoms with E-state index in [2.05, 4.69) is 0 Å². The first-order valence-corrected chi connectivity index (χ1v) is 6.06. The summed E-state index contributed by atoms with van der Waals surface area (Å²) in [5.41, 5.74) is 7.44. The zero-order valence-electron chi connectivity index (χ0n) is 11.6. The third-order valence-electron chi connectivity index (χ3n) is 3.81. The Labute approximate surface area is 112 Å². The number of hydrogen-bond acceptors (Lipinski definition) is 4. The van der Waals surface area contributed by atoms with Crippen molar-refractivity contribution in [2.45, 2.75) is 19.3 Å². The average Bonchev–Trinajstić information content (AvgIpc) is 2.36. The Morgan fingerprint density at radius 2 is 2.05 bits per heavy atom. The Kier molecular flexibility index (Phi) is 3.00. The van der Waals surface area contributed by atoms with Crippen molar-refractivity contribution in [3.05, 3.63) is 23.8 Å². The molecule has 1 heterocycles. The largest absolute Gasteiger partial charge is 0.468 e. The van der Waals surface area contributed by atoms with Gasteiger partial charge in [-0.05, 0) is 23.8 Å². The number of carbonyl (C=O) groups excluding carboxylic acids is 2. The third-order valence-corrected chi connectivity index (χ3v) is 3.81.